The van der Waals surface area contributed by atoms with Crippen LogP contribution in [-0.4, -0.2) is 0 Å². The molecule has 0 aliphatic heterocycles. The summed E-state index contributed by atoms with van der Waals surface area (Å²) in [6.07, 6.45) is 1.18. The van der Waals surface area contributed by atoms with Gasteiger partial charge in [-0.25, -0.2) is 0 Å². The van der Waals surface area contributed by atoms with Crippen molar-refractivity contribution in [3.63, 3.8) is 0 Å². The average molecular weight is 94.5 g/mol. The van der Waals surface area contributed by atoms with Crippen LogP contribution in [0.15, 0.2) is 11.4 Å². The van der Waals surface area contributed by atoms with Crippen LogP contribution in [-0.2, 0) is 0 Å². The van der Waals surface area contributed by atoms with E-state index in [1.54, 1.807) is 0 Å². The molecule has 30 valence electrons. The molecular weight excluding hydrogens is 90.5 g/mol. The first kappa shape index (κ1) is 4.96. The molecule has 0 aromatic rings. The van der Waals surface area contributed by atoms with E-state index in [0.29, 0.717) is 0 Å². The van der Waals surface area contributed by atoms with E-state index < -0.39 is 5.29 Å². The van der Waals surface area contributed by atoms with Crippen molar-refractivity contribution >= 4 is 11.6 Å². The molecule has 0 saturated carbocycles. The van der Waals surface area contributed by atoms with Gasteiger partial charge in [-0.1, -0.05) is 11.6 Å². The van der Waals surface area contributed by atoms with E-state index in [0.717, 1.165) is 0 Å². The molecule has 5 heavy (non-hydrogen) atoms. The highest BCUT2D eigenvalue weighted by molar-refractivity contribution is 6.28. The topological polar surface area (TPSA) is 0 Å². The quantitative estimate of drug-likeness (QED) is 0.431. The molecule has 0 aliphatic carbocycles. The van der Waals surface area contributed by atoms with Crippen molar-refractivity contribution in [2.24, 2.45) is 0 Å². The number of hydrogen-bond acceptors (Lipinski definition) is 0. The molecule has 0 amide bonds. The summed E-state index contributed by atoms with van der Waals surface area (Å²) in [4.78, 5) is 0. The second-order valence-corrected chi connectivity index (χ2v) is 0.939. The zero-order valence-corrected chi connectivity index (χ0v) is 3.59. The maximum absolute atomic E-state index is 11.1. The van der Waals surface area contributed by atoms with Gasteiger partial charge in [0.1, 0.15) is 0 Å². The Morgan fingerprint density at radius 3 is 2.20 bits per heavy atom. The van der Waals surface area contributed by atoms with Crippen molar-refractivity contribution in [1.82, 2.24) is 0 Å². The normalized spacial score (nSPS) is 12.2. The molecule has 0 heterocycles. The monoisotopic (exact) mass is 94.0 g/mol. The Morgan fingerprint density at radius 2 is 2.20 bits per heavy atom. The largest absolute Gasteiger partial charge is 0.194 e. The van der Waals surface area contributed by atoms with Gasteiger partial charge in [0.05, 0.1) is 0 Å². The van der Waals surface area contributed by atoms with Gasteiger partial charge < -0.3 is 0 Å². The van der Waals surface area contributed by atoms with E-state index in [4.69, 9.17) is 0 Å². The summed E-state index contributed by atoms with van der Waals surface area (Å²) >= 11 is 4.66. The molecule has 0 bridgehead atoms. The van der Waals surface area contributed by atoms with E-state index in [1.165, 1.54) is 13.0 Å². The fraction of sp³-hybridized carbons (Fsp3) is 0.333. The van der Waals surface area contributed by atoms with Gasteiger partial charge in [-0.05, 0) is 13.0 Å². The molecule has 0 saturated heterocycles. The fourth-order valence-corrected chi connectivity index (χ4v) is 0. The molecule has 0 radical (unpaired) electrons. The smallest absolute Gasteiger partial charge is 0.184 e. The lowest BCUT2D eigenvalue weighted by Crippen LogP contribution is -1.41. The molecule has 0 spiro atoms. The molecule has 0 fully saturated rings. The minimum Gasteiger partial charge on any atom is -0.194 e. The lowest BCUT2D eigenvalue weighted by molar-refractivity contribution is 0.693. The van der Waals surface area contributed by atoms with E-state index in [2.05, 4.69) is 11.6 Å². The summed E-state index contributed by atoms with van der Waals surface area (Å²) in [5.74, 6) is 0. The second-order valence-electron chi connectivity index (χ2n) is 0.578. The minimum atomic E-state index is -0.648. The van der Waals surface area contributed by atoms with E-state index in [1.807, 2.05) is 0 Å². The standard InChI is InChI=1S/C3H4ClF/c1-2-3(4)5/h2H,1H3. The SMILES string of the molecule is CC=C(F)Cl. The van der Waals surface area contributed by atoms with Gasteiger partial charge >= 0.3 is 0 Å². The predicted molar refractivity (Wildman–Crippen MR) is 20.7 cm³/mol. The van der Waals surface area contributed by atoms with Crippen molar-refractivity contribution in [2.75, 3.05) is 0 Å². The first-order chi connectivity index (χ1) is 2.27. The van der Waals surface area contributed by atoms with Crippen LogP contribution in [0.25, 0.3) is 0 Å². The van der Waals surface area contributed by atoms with E-state index >= 15 is 0 Å². The van der Waals surface area contributed by atoms with Crippen LogP contribution in [0.2, 0.25) is 0 Å². The Labute approximate surface area is 35.2 Å². The second kappa shape index (κ2) is 2.21. The minimum absolute atomic E-state index is 0.648. The van der Waals surface area contributed by atoms with Gasteiger partial charge in [0, 0.05) is 0 Å². The van der Waals surface area contributed by atoms with Gasteiger partial charge in [-0.3, -0.25) is 0 Å². The Hall–Kier alpha value is -0.0400. The summed E-state index contributed by atoms with van der Waals surface area (Å²) in [7, 11) is 0. The number of allylic oxidation sites excluding steroid dienone is 1. The maximum atomic E-state index is 11.1. The third-order valence-electron chi connectivity index (χ3n) is 0.218. The van der Waals surface area contributed by atoms with Crippen molar-refractivity contribution < 1.29 is 4.39 Å². The Morgan fingerprint density at radius 1 is 2.00 bits per heavy atom. The van der Waals surface area contributed by atoms with Crippen LogP contribution in [0.5, 0.6) is 0 Å². The molecule has 0 N–H and O–H groups in total. The van der Waals surface area contributed by atoms with Crippen LogP contribution in [0.3, 0.4) is 0 Å². The van der Waals surface area contributed by atoms with Crippen molar-refractivity contribution in [1.29, 1.82) is 0 Å². The summed E-state index contributed by atoms with van der Waals surface area (Å²) in [5.41, 5.74) is 0. The maximum Gasteiger partial charge on any atom is 0.184 e. The van der Waals surface area contributed by atoms with Gasteiger partial charge in [0.2, 0.25) is 0 Å². The third-order valence-corrected chi connectivity index (χ3v) is 0.436. The van der Waals surface area contributed by atoms with Crippen molar-refractivity contribution in [3.8, 4) is 0 Å². The number of halogens is 2. The molecular formula is C3H4ClF. The first-order valence-electron chi connectivity index (χ1n) is 1.24. The molecule has 0 rings (SSSR count). The Kier molecular flexibility index (Phi) is 2.19. The predicted octanol–water partition coefficient (Wildman–Crippen LogP) is 2.06. The van der Waals surface area contributed by atoms with Crippen LogP contribution < -0.4 is 0 Å². The highest BCUT2D eigenvalue weighted by Crippen LogP contribution is 1.97. The van der Waals surface area contributed by atoms with Crippen molar-refractivity contribution in [2.45, 2.75) is 6.92 Å². The van der Waals surface area contributed by atoms with Crippen molar-refractivity contribution in [3.05, 3.63) is 11.4 Å². The zero-order chi connectivity index (χ0) is 4.28. The van der Waals surface area contributed by atoms with Crippen LogP contribution in [0, 0.1) is 0 Å². The van der Waals surface area contributed by atoms with E-state index in [-0.39, 0.29) is 0 Å². The van der Waals surface area contributed by atoms with Gasteiger partial charge in [-0.2, -0.15) is 4.39 Å². The lowest BCUT2D eigenvalue weighted by Gasteiger charge is -1.64. The lowest BCUT2D eigenvalue weighted by atomic mass is 10.8. The van der Waals surface area contributed by atoms with Gasteiger partial charge in [0.25, 0.3) is 0 Å². The molecule has 0 aromatic carbocycles. The van der Waals surface area contributed by atoms with Crippen LogP contribution >= 0.6 is 11.6 Å². The highest BCUT2D eigenvalue weighted by Gasteiger charge is 1.71. The molecule has 0 nitrogen and oxygen atoms in total. The molecule has 0 atom stereocenters. The molecule has 0 aliphatic rings. The number of rotatable bonds is 0. The summed E-state index contributed by atoms with van der Waals surface area (Å²) in [5, 5.41) is -0.648. The summed E-state index contributed by atoms with van der Waals surface area (Å²) in [6.45, 7) is 1.53. The van der Waals surface area contributed by atoms with Gasteiger partial charge in [-0.15, -0.1) is 0 Å². The highest BCUT2D eigenvalue weighted by atomic mass is 35.5. The Bertz CT molecular complexity index is 44.9. The average Bonchev–Trinajstić information content (AvgIpc) is 1.38. The zero-order valence-electron chi connectivity index (χ0n) is 2.83. The van der Waals surface area contributed by atoms with Gasteiger partial charge in [0.15, 0.2) is 5.29 Å². The first-order valence-corrected chi connectivity index (χ1v) is 1.62. The van der Waals surface area contributed by atoms with Crippen LogP contribution in [0.4, 0.5) is 4.39 Å². The molecule has 0 unspecified atom stereocenters. The fourth-order valence-electron chi connectivity index (χ4n) is 0. The Balaban J connectivity index is 3.14. The summed E-state index contributed by atoms with van der Waals surface area (Å²) < 4.78 is 11.1. The molecule has 0 aromatic heterocycles. The molecule has 2 heteroatoms. The third kappa shape index (κ3) is 3.96. The summed E-state index contributed by atoms with van der Waals surface area (Å²) in [6, 6.07) is 0. The number of hydrogen-bond donors (Lipinski definition) is 0. The van der Waals surface area contributed by atoms with E-state index in [9.17, 15) is 4.39 Å². The van der Waals surface area contributed by atoms with Crippen LogP contribution in [0.1, 0.15) is 6.92 Å².